The van der Waals surface area contributed by atoms with Crippen molar-refractivity contribution in [1.82, 2.24) is 5.32 Å². The van der Waals surface area contributed by atoms with Crippen molar-refractivity contribution >= 4 is 11.6 Å². The number of carbonyl (C=O) groups is 1. The summed E-state index contributed by atoms with van der Waals surface area (Å²) in [5.74, 6) is 1.49. The lowest BCUT2D eigenvalue weighted by Gasteiger charge is -2.17. The Morgan fingerprint density at radius 1 is 1.24 bits per heavy atom. The first-order valence-electron chi connectivity index (χ1n) is 6.40. The molecule has 2 saturated carbocycles. The number of hydrogen-bond acceptors (Lipinski definition) is 2. The average molecular weight is 230 g/mol. The van der Waals surface area contributed by atoms with Crippen LogP contribution in [0, 0.1) is 11.8 Å². The van der Waals surface area contributed by atoms with E-state index in [1.165, 1.54) is 25.7 Å². The number of amides is 1. The Morgan fingerprint density at radius 2 is 1.88 bits per heavy atom. The summed E-state index contributed by atoms with van der Waals surface area (Å²) in [4.78, 5) is 12.1. The normalized spacial score (nSPS) is 19.4. The van der Waals surface area contributed by atoms with Gasteiger partial charge in [0.05, 0.1) is 0 Å². The van der Waals surface area contributed by atoms with Crippen LogP contribution in [0.4, 0.5) is 5.69 Å². The zero-order valence-corrected chi connectivity index (χ0v) is 9.86. The smallest absolute Gasteiger partial charge is 0.251 e. The molecule has 1 aromatic rings. The molecule has 3 nitrogen and oxygen atoms in total. The summed E-state index contributed by atoms with van der Waals surface area (Å²) >= 11 is 0. The van der Waals surface area contributed by atoms with Crippen LogP contribution < -0.4 is 11.1 Å². The third-order valence-corrected chi connectivity index (χ3v) is 3.71. The maximum Gasteiger partial charge on any atom is 0.251 e. The molecule has 0 bridgehead atoms. The van der Waals surface area contributed by atoms with E-state index in [4.69, 9.17) is 5.73 Å². The fourth-order valence-electron chi connectivity index (χ4n) is 2.45. The summed E-state index contributed by atoms with van der Waals surface area (Å²) in [6.45, 7) is 0. The van der Waals surface area contributed by atoms with Crippen LogP contribution in [-0.2, 0) is 0 Å². The Kier molecular flexibility index (Phi) is 2.54. The van der Waals surface area contributed by atoms with Gasteiger partial charge in [0.25, 0.3) is 5.91 Å². The molecule has 17 heavy (non-hydrogen) atoms. The Bertz CT molecular complexity index is 424. The molecule has 90 valence electrons. The number of nitrogens with two attached hydrogens (primary N) is 1. The molecule has 0 spiro atoms. The second-order valence-electron chi connectivity index (χ2n) is 5.30. The van der Waals surface area contributed by atoms with E-state index in [9.17, 15) is 4.79 Å². The van der Waals surface area contributed by atoms with E-state index in [0.29, 0.717) is 17.3 Å². The molecule has 0 atom stereocenters. The molecular formula is C14H18N2O. The van der Waals surface area contributed by atoms with Gasteiger partial charge >= 0.3 is 0 Å². The van der Waals surface area contributed by atoms with E-state index in [1.54, 1.807) is 12.1 Å². The fourth-order valence-corrected chi connectivity index (χ4v) is 2.45. The molecule has 3 heteroatoms. The topological polar surface area (TPSA) is 55.1 Å². The van der Waals surface area contributed by atoms with Crippen LogP contribution >= 0.6 is 0 Å². The van der Waals surface area contributed by atoms with E-state index >= 15 is 0 Å². The van der Waals surface area contributed by atoms with Crippen LogP contribution in [0.2, 0.25) is 0 Å². The summed E-state index contributed by atoms with van der Waals surface area (Å²) in [6.07, 6.45) is 5.10. The molecule has 2 aliphatic carbocycles. The Labute approximate surface area is 101 Å². The molecule has 2 fully saturated rings. The van der Waals surface area contributed by atoms with Crippen molar-refractivity contribution in [2.75, 3.05) is 5.73 Å². The third kappa shape index (κ3) is 2.43. The predicted molar refractivity (Wildman–Crippen MR) is 67.6 cm³/mol. The van der Waals surface area contributed by atoms with E-state index in [1.807, 2.05) is 12.1 Å². The van der Waals surface area contributed by atoms with Gasteiger partial charge in [0.1, 0.15) is 0 Å². The fraction of sp³-hybridized carbons (Fsp3) is 0.500. The number of benzene rings is 1. The second-order valence-corrected chi connectivity index (χ2v) is 5.30. The highest BCUT2D eigenvalue weighted by atomic mass is 16.1. The summed E-state index contributed by atoms with van der Waals surface area (Å²) in [5.41, 5.74) is 7.01. The molecule has 0 aliphatic heterocycles. The summed E-state index contributed by atoms with van der Waals surface area (Å²) in [5, 5.41) is 3.19. The number of anilines is 1. The monoisotopic (exact) mass is 230 g/mol. The third-order valence-electron chi connectivity index (χ3n) is 3.71. The first kappa shape index (κ1) is 10.6. The molecule has 0 saturated heterocycles. The standard InChI is InChI=1S/C14H18N2O/c15-12-3-1-2-11(8-12)14(17)16-13(9-4-5-9)10-6-7-10/h1-3,8-10,13H,4-7,15H2,(H,16,17). The molecule has 0 radical (unpaired) electrons. The summed E-state index contributed by atoms with van der Waals surface area (Å²) in [6, 6.07) is 7.60. The molecule has 0 aromatic heterocycles. The van der Waals surface area contributed by atoms with Crippen molar-refractivity contribution in [1.29, 1.82) is 0 Å². The lowest BCUT2D eigenvalue weighted by Crippen LogP contribution is -2.38. The van der Waals surface area contributed by atoms with Crippen LogP contribution in [0.3, 0.4) is 0 Å². The van der Waals surface area contributed by atoms with Gasteiger partial charge in [-0.3, -0.25) is 4.79 Å². The molecule has 3 N–H and O–H groups in total. The minimum atomic E-state index is 0.0288. The highest BCUT2D eigenvalue weighted by Gasteiger charge is 2.42. The predicted octanol–water partition coefficient (Wildman–Crippen LogP) is 2.19. The molecule has 1 aromatic carbocycles. The Balaban J connectivity index is 1.69. The summed E-state index contributed by atoms with van der Waals surface area (Å²) < 4.78 is 0. The SMILES string of the molecule is Nc1cccc(C(=O)NC(C2CC2)C2CC2)c1. The van der Waals surface area contributed by atoms with Gasteiger partial charge in [0, 0.05) is 17.3 Å². The van der Waals surface area contributed by atoms with Crippen molar-refractivity contribution in [2.45, 2.75) is 31.7 Å². The Morgan fingerprint density at radius 3 is 2.41 bits per heavy atom. The number of nitrogens with one attached hydrogen (secondary N) is 1. The largest absolute Gasteiger partial charge is 0.399 e. The van der Waals surface area contributed by atoms with Crippen LogP contribution in [-0.4, -0.2) is 11.9 Å². The lowest BCUT2D eigenvalue weighted by molar-refractivity contribution is 0.0926. The van der Waals surface area contributed by atoms with E-state index in [-0.39, 0.29) is 5.91 Å². The first-order valence-corrected chi connectivity index (χ1v) is 6.40. The van der Waals surface area contributed by atoms with Crippen molar-refractivity contribution in [3.05, 3.63) is 29.8 Å². The van der Waals surface area contributed by atoms with Crippen molar-refractivity contribution in [2.24, 2.45) is 11.8 Å². The maximum atomic E-state index is 12.1. The minimum absolute atomic E-state index is 0.0288. The van der Waals surface area contributed by atoms with Gasteiger partial charge in [-0.05, 0) is 55.7 Å². The molecule has 2 aliphatic rings. The number of carbonyl (C=O) groups excluding carboxylic acids is 1. The minimum Gasteiger partial charge on any atom is -0.399 e. The van der Waals surface area contributed by atoms with Crippen molar-refractivity contribution in [3.63, 3.8) is 0 Å². The molecular weight excluding hydrogens is 212 g/mol. The highest BCUT2D eigenvalue weighted by molar-refractivity contribution is 5.95. The van der Waals surface area contributed by atoms with Gasteiger partial charge in [-0.25, -0.2) is 0 Å². The highest BCUT2D eigenvalue weighted by Crippen LogP contribution is 2.44. The van der Waals surface area contributed by atoms with E-state index < -0.39 is 0 Å². The Hall–Kier alpha value is -1.51. The van der Waals surface area contributed by atoms with Crippen LogP contribution in [0.25, 0.3) is 0 Å². The second kappa shape index (κ2) is 4.06. The van der Waals surface area contributed by atoms with Crippen LogP contribution in [0.5, 0.6) is 0 Å². The average Bonchev–Trinajstić information content (AvgIpc) is 3.16. The molecule has 0 heterocycles. The first-order chi connectivity index (χ1) is 8.24. The van der Waals surface area contributed by atoms with Crippen molar-refractivity contribution in [3.8, 4) is 0 Å². The van der Waals surface area contributed by atoms with Crippen molar-refractivity contribution < 1.29 is 4.79 Å². The van der Waals surface area contributed by atoms with Gasteiger partial charge in [-0.15, -0.1) is 0 Å². The quantitative estimate of drug-likeness (QED) is 0.779. The lowest BCUT2D eigenvalue weighted by atomic mass is 10.1. The maximum absolute atomic E-state index is 12.1. The van der Waals surface area contributed by atoms with Crippen LogP contribution in [0.15, 0.2) is 24.3 Å². The van der Waals surface area contributed by atoms with E-state index in [2.05, 4.69) is 5.32 Å². The zero-order chi connectivity index (χ0) is 11.8. The molecule has 3 rings (SSSR count). The van der Waals surface area contributed by atoms with Gasteiger partial charge in [0.2, 0.25) is 0 Å². The van der Waals surface area contributed by atoms with Gasteiger partial charge < -0.3 is 11.1 Å². The van der Waals surface area contributed by atoms with Gasteiger partial charge in [-0.2, -0.15) is 0 Å². The molecule has 0 unspecified atom stereocenters. The zero-order valence-electron chi connectivity index (χ0n) is 9.86. The molecule has 1 amide bonds. The number of nitrogen functional groups attached to an aromatic ring is 1. The van der Waals surface area contributed by atoms with Gasteiger partial charge in [0.15, 0.2) is 0 Å². The van der Waals surface area contributed by atoms with Gasteiger partial charge in [-0.1, -0.05) is 6.07 Å². The van der Waals surface area contributed by atoms with E-state index in [0.717, 1.165) is 11.8 Å². The van der Waals surface area contributed by atoms with Crippen LogP contribution in [0.1, 0.15) is 36.0 Å². The number of hydrogen-bond donors (Lipinski definition) is 2. The number of rotatable bonds is 4. The summed E-state index contributed by atoms with van der Waals surface area (Å²) in [7, 11) is 0.